The molecule has 1 fully saturated rings. The molecule has 3 N–H and O–H groups in total. The lowest BCUT2D eigenvalue weighted by molar-refractivity contribution is -0.137. The number of amides is 1. The standard InChI is InChI=1S/C19H22F3N5O.2C2H4O2/c20-19(21,22)14-2-1-3-15(12-14)25-8-10-26(11-9-25)18(28)16-13-27-7-6-23-5-4-17(27)24-16;2*1-2(3)4/h1-3,12-13,23H,4-11H2;2*1H3,(H,3,4). The van der Waals surface area contributed by atoms with E-state index in [4.69, 9.17) is 19.8 Å². The number of hydrogen-bond donors (Lipinski definition) is 3. The number of halogens is 3. The number of fused-ring (bicyclic) bond motifs is 1. The number of benzene rings is 1. The van der Waals surface area contributed by atoms with Gasteiger partial charge >= 0.3 is 6.18 Å². The van der Waals surface area contributed by atoms with Gasteiger partial charge < -0.3 is 29.9 Å². The maximum absolute atomic E-state index is 12.9. The summed E-state index contributed by atoms with van der Waals surface area (Å²) < 4.78 is 40.8. The average molecular weight is 514 g/mol. The molecule has 0 bridgehead atoms. The molecule has 1 saturated heterocycles. The Hall–Kier alpha value is -3.61. The minimum Gasteiger partial charge on any atom is -0.481 e. The molecule has 1 aromatic carbocycles. The highest BCUT2D eigenvalue weighted by Gasteiger charge is 2.31. The first-order valence-corrected chi connectivity index (χ1v) is 11.3. The molecule has 2 aromatic rings. The topological polar surface area (TPSA) is 128 Å². The van der Waals surface area contributed by atoms with Crippen molar-refractivity contribution >= 4 is 23.5 Å². The predicted octanol–water partition coefficient (Wildman–Crippen LogP) is 2.19. The number of carbonyl (C=O) groups excluding carboxylic acids is 1. The number of alkyl halides is 3. The molecule has 0 atom stereocenters. The molecule has 1 aromatic heterocycles. The van der Waals surface area contributed by atoms with Gasteiger partial charge in [-0.05, 0) is 18.2 Å². The van der Waals surface area contributed by atoms with Crippen LogP contribution in [0, 0.1) is 0 Å². The van der Waals surface area contributed by atoms with E-state index < -0.39 is 23.7 Å². The summed E-state index contributed by atoms with van der Waals surface area (Å²) in [6.07, 6.45) is -1.76. The Kier molecular flexibility index (Phi) is 10.3. The number of piperazine rings is 1. The zero-order valence-electron chi connectivity index (χ0n) is 20.1. The number of nitrogens with zero attached hydrogens (tertiary/aromatic N) is 4. The summed E-state index contributed by atoms with van der Waals surface area (Å²) in [5, 5.41) is 18.1. The van der Waals surface area contributed by atoms with Crippen LogP contribution in [0.15, 0.2) is 30.5 Å². The van der Waals surface area contributed by atoms with Crippen molar-refractivity contribution in [3.63, 3.8) is 0 Å². The summed E-state index contributed by atoms with van der Waals surface area (Å²) in [5.74, 6) is -0.867. The molecule has 2 aliphatic rings. The molecule has 36 heavy (non-hydrogen) atoms. The minimum absolute atomic E-state index is 0.114. The van der Waals surface area contributed by atoms with Crippen LogP contribution in [0.3, 0.4) is 0 Å². The maximum Gasteiger partial charge on any atom is 0.416 e. The molecule has 10 nitrogen and oxygen atoms in total. The number of aliphatic carboxylic acids is 2. The zero-order chi connectivity index (χ0) is 26.9. The van der Waals surface area contributed by atoms with E-state index in [1.165, 1.54) is 6.07 Å². The maximum atomic E-state index is 12.9. The van der Waals surface area contributed by atoms with Gasteiger partial charge in [0.1, 0.15) is 11.5 Å². The molecule has 0 aliphatic carbocycles. The van der Waals surface area contributed by atoms with E-state index >= 15 is 0 Å². The van der Waals surface area contributed by atoms with Crippen LogP contribution in [-0.2, 0) is 28.7 Å². The molecular weight excluding hydrogens is 483 g/mol. The van der Waals surface area contributed by atoms with Gasteiger partial charge in [0.2, 0.25) is 0 Å². The zero-order valence-corrected chi connectivity index (χ0v) is 20.1. The number of rotatable bonds is 2. The van der Waals surface area contributed by atoms with Crippen molar-refractivity contribution in [1.29, 1.82) is 0 Å². The third-order valence-electron chi connectivity index (χ3n) is 5.24. The monoisotopic (exact) mass is 513 g/mol. The lowest BCUT2D eigenvalue weighted by Gasteiger charge is -2.36. The van der Waals surface area contributed by atoms with Crippen molar-refractivity contribution in [1.82, 2.24) is 19.8 Å². The van der Waals surface area contributed by atoms with Crippen LogP contribution in [0.1, 0.15) is 35.7 Å². The highest BCUT2D eigenvalue weighted by molar-refractivity contribution is 5.92. The Labute approximate surface area is 206 Å². The number of carbonyl (C=O) groups is 3. The second-order valence-corrected chi connectivity index (χ2v) is 8.10. The third kappa shape index (κ3) is 8.87. The first-order chi connectivity index (χ1) is 16.9. The largest absolute Gasteiger partial charge is 0.481 e. The van der Waals surface area contributed by atoms with E-state index in [1.54, 1.807) is 11.0 Å². The molecule has 0 unspecified atom stereocenters. The summed E-state index contributed by atoms with van der Waals surface area (Å²) in [5.41, 5.74) is 0.324. The van der Waals surface area contributed by atoms with Crippen molar-refractivity contribution in [3.05, 3.63) is 47.5 Å². The highest BCUT2D eigenvalue weighted by Crippen LogP contribution is 2.32. The van der Waals surface area contributed by atoms with Crippen LogP contribution < -0.4 is 10.2 Å². The van der Waals surface area contributed by atoms with Gasteiger partial charge in [-0.15, -0.1) is 0 Å². The number of anilines is 1. The van der Waals surface area contributed by atoms with E-state index in [-0.39, 0.29) is 5.91 Å². The SMILES string of the molecule is CC(=O)O.CC(=O)O.O=C(c1cn2c(n1)CCNCC2)N1CCN(c2cccc(C(F)(F)F)c2)CC1. The summed E-state index contributed by atoms with van der Waals surface area (Å²) in [6.45, 7) is 6.55. The molecule has 0 radical (unpaired) electrons. The van der Waals surface area contributed by atoms with Crippen LogP contribution in [0.25, 0.3) is 0 Å². The van der Waals surface area contributed by atoms with Crippen molar-refractivity contribution in [2.75, 3.05) is 44.2 Å². The molecular formula is C23H30F3N5O5. The molecule has 4 rings (SSSR count). The van der Waals surface area contributed by atoms with Gasteiger partial charge in [-0.25, -0.2) is 4.98 Å². The lowest BCUT2D eigenvalue weighted by Crippen LogP contribution is -2.49. The Morgan fingerprint density at radius 3 is 2.17 bits per heavy atom. The van der Waals surface area contributed by atoms with Gasteiger partial charge in [0, 0.05) is 78.0 Å². The van der Waals surface area contributed by atoms with Crippen LogP contribution in [-0.4, -0.2) is 81.8 Å². The quantitative estimate of drug-likeness (QED) is 0.558. The summed E-state index contributed by atoms with van der Waals surface area (Å²) in [6, 6.07) is 5.33. The van der Waals surface area contributed by atoms with Crippen LogP contribution in [0.4, 0.5) is 18.9 Å². The fraction of sp³-hybridized carbons (Fsp3) is 0.478. The smallest absolute Gasteiger partial charge is 0.416 e. The van der Waals surface area contributed by atoms with E-state index in [0.29, 0.717) is 37.6 Å². The summed E-state index contributed by atoms with van der Waals surface area (Å²) in [7, 11) is 0. The number of imidazole rings is 1. The Morgan fingerprint density at radius 2 is 1.58 bits per heavy atom. The number of nitrogens with one attached hydrogen (secondary N) is 1. The van der Waals surface area contributed by atoms with E-state index in [0.717, 1.165) is 57.9 Å². The van der Waals surface area contributed by atoms with Gasteiger partial charge in [0.15, 0.2) is 0 Å². The first-order valence-electron chi connectivity index (χ1n) is 11.3. The fourth-order valence-corrected chi connectivity index (χ4v) is 3.68. The normalized spacial score (nSPS) is 15.4. The summed E-state index contributed by atoms with van der Waals surface area (Å²) in [4.78, 5) is 38.9. The Morgan fingerprint density at radius 1 is 0.972 bits per heavy atom. The molecule has 0 saturated carbocycles. The highest BCUT2D eigenvalue weighted by atomic mass is 19.4. The van der Waals surface area contributed by atoms with Gasteiger partial charge in [-0.1, -0.05) is 6.07 Å². The number of carboxylic acids is 2. The van der Waals surface area contributed by atoms with Crippen molar-refractivity contribution in [3.8, 4) is 0 Å². The van der Waals surface area contributed by atoms with Crippen LogP contribution in [0.2, 0.25) is 0 Å². The molecule has 0 spiro atoms. The van der Waals surface area contributed by atoms with E-state index in [2.05, 4.69) is 10.3 Å². The van der Waals surface area contributed by atoms with Crippen LogP contribution in [0.5, 0.6) is 0 Å². The van der Waals surface area contributed by atoms with Crippen LogP contribution >= 0.6 is 0 Å². The molecule has 1 amide bonds. The number of aromatic nitrogens is 2. The van der Waals surface area contributed by atoms with Crippen molar-refractivity contribution < 1.29 is 37.8 Å². The van der Waals surface area contributed by atoms with E-state index in [9.17, 15) is 18.0 Å². The molecule has 2 aliphatic heterocycles. The number of hydrogen-bond acceptors (Lipinski definition) is 6. The molecule has 198 valence electrons. The number of carboxylic acid groups (broad SMARTS) is 2. The van der Waals surface area contributed by atoms with Gasteiger partial charge in [-0.3, -0.25) is 14.4 Å². The van der Waals surface area contributed by atoms with Crippen molar-refractivity contribution in [2.45, 2.75) is 33.0 Å². The summed E-state index contributed by atoms with van der Waals surface area (Å²) >= 11 is 0. The van der Waals surface area contributed by atoms with Crippen molar-refractivity contribution in [2.24, 2.45) is 0 Å². The second kappa shape index (κ2) is 12.9. The third-order valence-corrected chi connectivity index (χ3v) is 5.24. The lowest BCUT2D eigenvalue weighted by atomic mass is 10.1. The van der Waals surface area contributed by atoms with Gasteiger partial charge in [-0.2, -0.15) is 13.2 Å². The minimum atomic E-state index is -4.36. The molecule has 3 heterocycles. The Bertz CT molecular complexity index is 1010. The van der Waals surface area contributed by atoms with Gasteiger partial charge in [0.05, 0.1) is 5.56 Å². The fourth-order valence-electron chi connectivity index (χ4n) is 3.68. The average Bonchev–Trinajstić information content (AvgIpc) is 3.08. The predicted molar refractivity (Wildman–Crippen MR) is 125 cm³/mol. The molecule has 13 heteroatoms. The Balaban J connectivity index is 0.000000501. The first kappa shape index (κ1) is 28.6. The van der Waals surface area contributed by atoms with Gasteiger partial charge in [0.25, 0.3) is 17.8 Å². The second-order valence-electron chi connectivity index (χ2n) is 8.10. The van der Waals surface area contributed by atoms with E-state index in [1.807, 2.05) is 15.7 Å².